The molecule has 0 fully saturated rings. The van der Waals surface area contributed by atoms with Crippen molar-refractivity contribution in [2.45, 2.75) is 26.3 Å². The number of anilines is 1. The van der Waals surface area contributed by atoms with Gasteiger partial charge in [0.2, 0.25) is 5.88 Å². The van der Waals surface area contributed by atoms with Crippen molar-refractivity contribution >= 4 is 21.5 Å². The van der Waals surface area contributed by atoms with E-state index in [1.54, 1.807) is 12.1 Å². The van der Waals surface area contributed by atoms with Crippen LogP contribution in [0.15, 0.2) is 89.2 Å². The van der Waals surface area contributed by atoms with Crippen LogP contribution in [-0.4, -0.2) is 8.42 Å². The number of ether oxygens (including phenoxy) is 1. The Bertz CT molecular complexity index is 1510. The van der Waals surface area contributed by atoms with Gasteiger partial charge in [-0.15, -0.1) is 0 Å². The number of nitrogens with two attached hydrogens (primary N) is 1. The Hall–Kier alpha value is -4.02. The van der Waals surface area contributed by atoms with Crippen molar-refractivity contribution in [3.63, 3.8) is 0 Å². The summed E-state index contributed by atoms with van der Waals surface area (Å²) in [5.41, 5.74) is 11.0. The Balaban J connectivity index is 1.77. The minimum atomic E-state index is -4.08. The predicted octanol–water partition coefficient (Wildman–Crippen LogP) is 4.83. The molecule has 0 spiro atoms. The summed E-state index contributed by atoms with van der Waals surface area (Å²) < 4.78 is 35.8. The number of aryl methyl sites for hydroxylation is 2. The highest BCUT2D eigenvalue weighted by atomic mass is 32.2. The molecule has 0 saturated heterocycles. The van der Waals surface area contributed by atoms with Gasteiger partial charge >= 0.3 is 0 Å². The summed E-state index contributed by atoms with van der Waals surface area (Å²) in [6, 6.07) is 24.5. The smallest absolute Gasteiger partial charge is 0.265 e. The van der Waals surface area contributed by atoms with Crippen molar-refractivity contribution in [2.24, 2.45) is 5.73 Å². The summed E-state index contributed by atoms with van der Waals surface area (Å²) >= 11 is 0. The van der Waals surface area contributed by atoms with Gasteiger partial charge in [0.05, 0.1) is 18.2 Å². The first kappa shape index (κ1) is 21.8. The van der Waals surface area contributed by atoms with Crippen molar-refractivity contribution in [3.8, 4) is 6.07 Å². The Morgan fingerprint density at radius 1 is 1.00 bits per heavy atom. The number of benzene rings is 3. The van der Waals surface area contributed by atoms with E-state index in [4.69, 9.17) is 10.5 Å². The number of allylic oxidation sites excluding steroid dienone is 2. The Labute approximate surface area is 199 Å². The van der Waals surface area contributed by atoms with Crippen LogP contribution in [0.2, 0.25) is 0 Å². The van der Waals surface area contributed by atoms with E-state index in [0.29, 0.717) is 16.8 Å². The van der Waals surface area contributed by atoms with Gasteiger partial charge < -0.3 is 10.5 Å². The number of fused-ring (bicyclic) bond motifs is 2. The van der Waals surface area contributed by atoms with Crippen molar-refractivity contribution in [1.29, 1.82) is 5.26 Å². The highest BCUT2D eigenvalue weighted by Gasteiger charge is 2.47. The Kier molecular flexibility index (Phi) is 5.18. The predicted molar refractivity (Wildman–Crippen MR) is 131 cm³/mol. The molecule has 0 aromatic heterocycles. The molecule has 5 rings (SSSR count). The first-order valence-corrected chi connectivity index (χ1v) is 12.3. The lowest BCUT2D eigenvalue weighted by Gasteiger charge is -2.38. The summed E-state index contributed by atoms with van der Waals surface area (Å²) in [5.74, 6) is -0.769. The van der Waals surface area contributed by atoms with E-state index in [0.717, 1.165) is 16.7 Å². The van der Waals surface area contributed by atoms with E-state index < -0.39 is 15.9 Å². The van der Waals surface area contributed by atoms with Crippen molar-refractivity contribution in [3.05, 3.63) is 117 Å². The lowest BCUT2D eigenvalue weighted by atomic mass is 9.88. The van der Waals surface area contributed by atoms with Gasteiger partial charge in [0.15, 0.2) is 5.76 Å². The molecule has 3 aromatic carbocycles. The molecule has 0 unspecified atom stereocenters. The lowest BCUT2D eigenvalue weighted by Crippen LogP contribution is -2.39. The lowest BCUT2D eigenvalue weighted by molar-refractivity contribution is 0.357. The van der Waals surface area contributed by atoms with Crippen LogP contribution in [0.25, 0.3) is 5.76 Å². The minimum Gasteiger partial charge on any atom is -0.439 e. The van der Waals surface area contributed by atoms with E-state index in [1.165, 1.54) is 4.31 Å². The number of nitrogens with zero attached hydrogens (tertiary/aromatic N) is 2. The summed E-state index contributed by atoms with van der Waals surface area (Å²) in [6.45, 7) is 4.06. The Morgan fingerprint density at radius 2 is 1.68 bits per heavy atom. The van der Waals surface area contributed by atoms with Gasteiger partial charge in [-0.25, -0.2) is 8.42 Å². The number of nitriles is 1. The SMILES string of the molecule is Cc1ccc([C@H]2C(C#N)=C(N)OC3=C2S(=O)(=O)N(Cc2ccccc2C)c2ccccc23)cc1. The molecule has 2 heterocycles. The normalized spacial score (nSPS) is 18.6. The molecule has 0 bridgehead atoms. The zero-order chi connectivity index (χ0) is 24.0. The van der Waals surface area contributed by atoms with E-state index in [9.17, 15) is 13.7 Å². The molecule has 34 heavy (non-hydrogen) atoms. The summed E-state index contributed by atoms with van der Waals surface area (Å²) in [7, 11) is -4.08. The van der Waals surface area contributed by atoms with Crippen molar-refractivity contribution in [2.75, 3.05) is 4.31 Å². The second-order valence-electron chi connectivity index (χ2n) is 8.48. The van der Waals surface area contributed by atoms with Crippen LogP contribution < -0.4 is 10.0 Å². The number of sulfonamides is 1. The van der Waals surface area contributed by atoms with Crippen LogP contribution in [0.4, 0.5) is 5.69 Å². The molecular weight excluding hydrogens is 446 g/mol. The maximum Gasteiger partial charge on any atom is 0.265 e. The summed E-state index contributed by atoms with van der Waals surface area (Å²) in [6.07, 6.45) is 0. The maximum atomic E-state index is 14.3. The fourth-order valence-corrected chi connectivity index (χ4v) is 6.42. The third kappa shape index (κ3) is 3.35. The van der Waals surface area contributed by atoms with E-state index >= 15 is 0 Å². The molecule has 7 heteroatoms. The molecule has 0 radical (unpaired) electrons. The first-order chi connectivity index (χ1) is 16.3. The standard InChI is InChI=1S/C27H23N3O3S/c1-17-11-13-19(14-12-17)24-22(15-28)27(29)33-25-21-9-5-6-10-23(21)30(34(31,32)26(24)25)16-20-8-4-3-7-18(20)2/h3-14,24H,16,29H2,1-2H3/t24-/m0/s1. The quantitative estimate of drug-likeness (QED) is 0.593. The van der Waals surface area contributed by atoms with Crippen LogP contribution in [0.3, 0.4) is 0 Å². The molecule has 2 aliphatic heterocycles. The maximum absolute atomic E-state index is 14.3. The molecule has 6 nitrogen and oxygen atoms in total. The molecule has 170 valence electrons. The molecule has 0 amide bonds. The number of hydrogen-bond acceptors (Lipinski definition) is 5. The molecular formula is C27H23N3O3S. The van der Waals surface area contributed by atoms with Crippen LogP contribution in [0.1, 0.15) is 33.7 Å². The van der Waals surface area contributed by atoms with E-state index in [-0.39, 0.29) is 28.7 Å². The zero-order valence-corrected chi connectivity index (χ0v) is 19.6. The average Bonchev–Trinajstić information content (AvgIpc) is 2.82. The second-order valence-corrected chi connectivity index (χ2v) is 10.3. The average molecular weight is 470 g/mol. The fraction of sp³-hybridized carbons (Fsp3) is 0.148. The van der Waals surface area contributed by atoms with Gasteiger partial charge in [0.1, 0.15) is 16.5 Å². The second kappa shape index (κ2) is 8.08. The van der Waals surface area contributed by atoms with Gasteiger partial charge in [-0.2, -0.15) is 5.26 Å². The highest BCUT2D eigenvalue weighted by Crippen LogP contribution is 2.51. The Morgan fingerprint density at radius 3 is 2.38 bits per heavy atom. The van der Waals surface area contributed by atoms with E-state index in [2.05, 4.69) is 6.07 Å². The van der Waals surface area contributed by atoms with Crippen molar-refractivity contribution in [1.82, 2.24) is 0 Å². The fourth-order valence-electron chi connectivity index (χ4n) is 4.51. The molecule has 2 aliphatic rings. The van der Waals surface area contributed by atoms with Crippen LogP contribution in [0, 0.1) is 25.2 Å². The summed E-state index contributed by atoms with van der Waals surface area (Å²) in [4.78, 5) is 0.0365. The van der Waals surface area contributed by atoms with Gasteiger partial charge in [-0.05, 0) is 42.7 Å². The number of para-hydroxylation sites is 1. The highest BCUT2D eigenvalue weighted by molar-refractivity contribution is 7.96. The van der Waals surface area contributed by atoms with Gasteiger partial charge in [0.25, 0.3) is 10.0 Å². The molecule has 0 aliphatic carbocycles. The van der Waals surface area contributed by atoms with Crippen molar-refractivity contribution < 1.29 is 13.2 Å². The number of rotatable bonds is 3. The molecule has 1 atom stereocenters. The van der Waals surface area contributed by atoms with Crippen LogP contribution in [-0.2, 0) is 21.3 Å². The van der Waals surface area contributed by atoms with E-state index in [1.807, 2.05) is 74.5 Å². The molecule has 3 aromatic rings. The van der Waals surface area contributed by atoms with Gasteiger partial charge in [-0.1, -0.05) is 66.2 Å². The molecule has 0 saturated carbocycles. The topological polar surface area (TPSA) is 96.4 Å². The van der Waals surface area contributed by atoms with Crippen LogP contribution in [0.5, 0.6) is 0 Å². The third-order valence-corrected chi connectivity index (χ3v) is 8.23. The first-order valence-electron chi connectivity index (χ1n) is 10.9. The zero-order valence-electron chi connectivity index (χ0n) is 18.8. The monoisotopic (exact) mass is 469 g/mol. The third-order valence-electron chi connectivity index (χ3n) is 6.34. The van der Waals surface area contributed by atoms with Gasteiger partial charge in [0, 0.05) is 5.56 Å². The molecule has 2 N–H and O–H groups in total. The summed E-state index contributed by atoms with van der Waals surface area (Å²) in [5, 5.41) is 9.94. The van der Waals surface area contributed by atoms with Gasteiger partial charge in [-0.3, -0.25) is 4.31 Å². The minimum absolute atomic E-state index is 0.0365. The number of hydrogen-bond donors (Lipinski definition) is 1. The van der Waals surface area contributed by atoms with Crippen LogP contribution >= 0.6 is 0 Å². The largest absolute Gasteiger partial charge is 0.439 e.